The van der Waals surface area contributed by atoms with Crippen molar-refractivity contribution in [3.8, 4) is 16.9 Å². The number of aromatic amines is 1. The molecule has 0 radical (unpaired) electrons. The molecule has 260 valence electrons. The number of halogens is 3. The number of aryl methyl sites for hydroxylation is 1. The van der Waals surface area contributed by atoms with E-state index in [0.717, 1.165) is 29.3 Å². The van der Waals surface area contributed by atoms with Gasteiger partial charge in [0.05, 0.1) is 18.3 Å². The van der Waals surface area contributed by atoms with E-state index in [9.17, 15) is 18.0 Å². The molecule has 5 heterocycles. The lowest BCUT2D eigenvalue weighted by molar-refractivity contribution is -0.153. The number of fused-ring (bicyclic) bond motifs is 2. The van der Waals surface area contributed by atoms with Gasteiger partial charge in [-0.15, -0.1) is 0 Å². The minimum absolute atomic E-state index is 0.0143. The van der Waals surface area contributed by atoms with E-state index in [1.165, 1.54) is 0 Å². The summed E-state index contributed by atoms with van der Waals surface area (Å²) in [5.74, 6) is 1.10. The zero-order valence-corrected chi connectivity index (χ0v) is 28.2. The summed E-state index contributed by atoms with van der Waals surface area (Å²) in [5, 5.41) is 8.52. The summed E-state index contributed by atoms with van der Waals surface area (Å²) in [6.07, 6.45) is 0.782. The number of nitrogens with zero attached hydrogens (tertiary/aromatic N) is 5. The van der Waals surface area contributed by atoms with E-state index in [0.29, 0.717) is 85.0 Å². The third kappa shape index (κ3) is 6.40. The normalized spacial score (nSPS) is 19.4. The molecule has 3 saturated heterocycles. The lowest BCUT2D eigenvalue weighted by Gasteiger charge is -2.53. The molecule has 1 N–H and O–H groups in total. The number of alkyl halides is 3. The van der Waals surface area contributed by atoms with Crippen molar-refractivity contribution in [2.45, 2.75) is 64.7 Å². The van der Waals surface area contributed by atoms with Gasteiger partial charge in [-0.1, -0.05) is 18.7 Å². The molecule has 0 bridgehead atoms. The minimum atomic E-state index is -4.58. The molecule has 2 aromatic carbocycles. The van der Waals surface area contributed by atoms with E-state index in [1.807, 2.05) is 45.9 Å². The molecule has 1 spiro atoms. The van der Waals surface area contributed by atoms with Gasteiger partial charge in [-0.3, -0.25) is 5.10 Å². The van der Waals surface area contributed by atoms with E-state index in [4.69, 9.17) is 24.2 Å². The highest BCUT2D eigenvalue weighted by Gasteiger charge is 2.48. The lowest BCUT2D eigenvalue weighted by atomic mass is 9.72. The summed E-state index contributed by atoms with van der Waals surface area (Å²) in [6.45, 7) is 13.6. The van der Waals surface area contributed by atoms with Crippen molar-refractivity contribution in [2.24, 2.45) is 5.41 Å². The first-order chi connectivity index (χ1) is 23.2. The second-order valence-corrected chi connectivity index (χ2v) is 14.6. The predicted octanol–water partition coefficient (Wildman–Crippen LogP) is 7.41. The van der Waals surface area contributed by atoms with Gasteiger partial charge >= 0.3 is 12.3 Å². The molecule has 10 nitrogen and oxygen atoms in total. The van der Waals surface area contributed by atoms with E-state index in [-0.39, 0.29) is 23.2 Å². The molecule has 13 heteroatoms. The van der Waals surface area contributed by atoms with E-state index < -0.39 is 18.4 Å². The Labute approximate surface area is 282 Å². The Morgan fingerprint density at radius 2 is 1.90 bits per heavy atom. The number of rotatable bonds is 6. The van der Waals surface area contributed by atoms with Crippen LogP contribution in [0.1, 0.15) is 62.9 Å². The molecule has 3 aliphatic heterocycles. The fourth-order valence-electron chi connectivity index (χ4n) is 7.32. The Bertz CT molecular complexity index is 1910. The van der Waals surface area contributed by atoms with Gasteiger partial charge in [-0.25, -0.2) is 14.8 Å². The number of piperidine rings is 1. The van der Waals surface area contributed by atoms with Crippen molar-refractivity contribution in [3.05, 3.63) is 47.9 Å². The van der Waals surface area contributed by atoms with E-state index in [1.54, 1.807) is 17.2 Å². The van der Waals surface area contributed by atoms with Crippen molar-refractivity contribution >= 4 is 39.8 Å². The van der Waals surface area contributed by atoms with Crippen LogP contribution >= 0.6 is 0 Å². The summed E-state index contributed by atoms with van der Waals surface area (Å²) in [4.78, 5) is 26.6. The third-order valence-electron chi connectivity index (χ3n) is 9.78. The number of hydrogen-bond acceptors (Lipinski definition) is 8. The van der Waals surface area contributed by atoms with Gasteiger partial charge in [0.2, 0.25) is 0 Å². The molecular formula is C36H41F3N6O4. The zero-order valence-electron chi connectivity index (χ0n) is 28.2. The molecule has 1 atom stereocenters. The number of nitrogens with one attached hydrogen (secondary N) is 1. The van der Waals surface area contributed by atoms with Crippen LogP contribution in [0, 0.1) is 12.3 Å². The predicted molar refractivity (Wildman–Crippen MR) is 181 cm³/mol. The van der Waals surface area contributed by atoms with Gasteiger partial charge in [0.15, 0.2) is 12.4 Å². The second kappa shape index (κ2) is 12.2. The standard InChI is InChI=1S/C36H41F3N6O4/c1-6-22-15-24-29(30(48-20-36(37,38)39)28(22)27-21(2)7-8-26-25(27)16-40-43-26)41-31(23-9-14-47-17-23)42-32(24)44-12-10-35(11-13-44)18-45(19-35)33(46)49-34(3,4)5/h6-8,15-16,23H,1,9-14,17-20H2,2-5H3,(H,40,43). The smallest absolute Gasteiger partial charge is 0.422 e. The Hall–Kier alpha value is -4.39. The maximum absolute atomic E-state index is 13.9. The number of benzene rings is 2. The average molecular weight is 679 g/mol. The van der Waals surface area contributed by atoms with Crippen molar-refractivity contribution in [1.29, 1.82) is 0 Å². The number of carbonyl (C=O) groups excluding carboxylic acids is 1. The van der Waals surface area contributed by atoms with Gasteiger partial charge < -0.3 is 24.0 Å². The fraction of sp³-hybridized carbons (Fsp3) is 0.500. The molecule has 4 aromatic rings. The maximum Gasteiger partial charge on any atom is 0.422 e. The number of H-pyrrole nitrogens is 1. The first-order valence-electron chi connectivity index (χ1n) is 16.7. The van der Waals surface area contributed by atoms with Crippen LogP contribution in [0.15, 0.2) is 31.0 Å². The average Bonchev–Trinajstić information content (AvgIpc) is 3.74. The van der Waals surface area contributed by atoms with Crippen LogP contribution in [0.5, 0.6) is 5.75 Å². The molecule has 1 amide bonds. The largest absolute Gasteiger partial charge is 0.481 e. The Morgan fingerprint density at radius 3 is 2.55 bits per heavy atom. The monoisotopic (exact) mass is 678 g/mol. The number of likely N-dealkylation sites (tertiary alicyclic amines) is 1. The van der Waals surface area contributed by atoms with Gasteiger partial charge in [0.25, 0.3) is 0 Å². The first-order valence-corrected chi connectivity index (χ1v) is 16.7. The van der Waals surface area contributed by atoms with Crippen molar-refractivity contribution in [2.75, 3.05) is 50.9 Å². The number of aromatic nitrogens is 4. The van der Waals surface area contributed by atoms with Crippen LogP contribution in [-0.2, 0) is 9.47 Å². The topological polar surface area (TPSA) is 106 Å². The SMILES string of the molecule is C=Cc1cc2c(N3CCC4(CC3)CN(C(=O)OC(C)(C)C)C4)nc(C3CCOC3)nc2c(OCC(F)(F)F)c1-c1c(C)ccc2[nH]ncc12. The summed E-state index contributed by atoms with van der Waals surface area (Å²) in [7, 11) is 0. The number of amides is 1. The molecule has 3 aliphatic rings. The van der Waals surface area contributed by atoms with Crippen LogP contribution in [0.3, 0.4) is 0 Å². The number of ether oxygens (including phenoxy) is 3. The van der Waals surface area contributed by atoms with Crippen LogP contribution in [0.25, 0.3) is 39.0 Å². The van der Waals surface area contributed by atoms with Gasteiger partial charge in [-0.2, -0.15) is 18.3 Å². The van der Waals surface area contributed by atoms with E-state index >= 15 is 0 Å². The second-order valence-electron chi connectivity index (χ2n) is 14.6. The zero-order chi connectivity index (χ0) is 34.7. The van der Waals surface area contributed by atoms with Crippen LogP contribution in [-0.4, -0.2) is 88.9 Å². The number of hydrogen-bond donors (Lipinski definition) is 1. The van der Waals surface area contributed by atoms with Crippen molar-refractivity contribution in [1.82, 2.24) is 25.1 Å². The molecule has 0 aliphatic carbocycles. The third-order valence-corrected chi connectivity index (χ3v) is 9.78. The summed E-state index contributed by atoms with van der Waals surface area (Å²) < 4.78 is 58.6. The Morgan fingerprint density at radius 1 is 1.14 bits per heavy atom. The molecule has 1 unspecified atom stereocenters. The van der Waals surface area contributed by atoms with Crippen LogP contribution in [0.2, 0.25) is 0 Å². The number of carbonyl (C=O) groups is 1. The summed E-state index contributed by atoms with van der Waals surface area (Å²) >= 11 is 0. The maximum atomic E-state index is 13.9. The molecule has 2 aromatic heterocycles. The minimum Gasteiger partial charge on any atom is -0.481 e. The fourth-order valence-corrected chi connectivity index (χ4v) is 7.32. The molecule has 3 fully saturated rings. The highest BCUT2D eigenvalue weighted by molar-refractivity contribution is 6.07. The van der Waals surface area contributed by atoms with Crippen molar-refractivity contribution < 1.29 is 32.2 Å². The molecule has 0 saturated carbocycles. The van der Waals surface area contributed by atoms with Crippen LogP contribution < -0.4 is 9.64 Å². The van der Waals surface area contributed by atoms with Gasteiger partial charge in [0.1, 0.15) is 22.8 Å². The van der Waals surface area contributed by atoms with Crippen LogP contribution in [0.4, 0.5) is 23.8 Å². The first kappa shape index (κ1) is 33.1. The highest BCUT2D eigenvalue weighted by atomic mass is 19.4. The Balaban J connectivity index is 1.33. The van der Waals surface area contributed by atoms with E-state index in [2.05, 4.69) is 21.7 Å². The number of anilines is 1. The lowest BCUT2D eigenvalue weighted by Crippen LogP contribution is -2.62. The summed E-state index contributed by atoms with van der Waals surface area (Å²) in [6, 6.07) is 5.71. The van der Waals surface area contributed by atoms with Crippen molar-refractivity contribution in [3.63, 3.8) is 0 Å². The molecule has 49 heavy (non-hydrogen) atoms. The Kier molecular flexibility index (Phi) is 8.24. The molecular weight excluding hydrogens is 637 g/mol. The van der Waals surface area contributed by atoms with Gasteiger partial charge in [-0.05, 0) is 75.8 Å². The highest BCUT2D eigenvalue weighted by Crippen LogP contribution is 2.48. The molecule has 7 rings (SSSR count). The summed E-state index contributed by atoms with van der Waals surface area (Å²) in [5.41, 5.74) is 3.10. The van der Waals surface area contributed by atoms with Gasteiger partial charge in [0, 0.05) is 60.5 Å². The quantitative estimate of drug-likeness (QED) is 0.225.